The van der Waals surface area contributed by atoms with Crippen LogP contribution in [0.4, 0.5) is 0 Å². The van der Waals surface area contributed by atoms with E-state index >= 15 is 0 Å². The Morgan fingerprint density at radius 2 is 1.86 bits per heavy atom. The van der Waals surface area contributed by atoms with Gasteiger partial charge in [-0.1, -0.05) is 41.9 Å². The number of ketones is 1. The maximum Gasteiger partial charge on any atom is 0.295 e. The minimum atomic E-state index is -0.706. The average Bonchev–Trinajstić information content (AvgIpc) is 2.97. The molecule has 7 heteroatoms. The fourth-order valence-electron chi connectivity index (χ4n) is 3.37. The monoisotopic (exact) mass is 414 g/mol. The van der Waals surface area contributed by atoms with Gasteiger partial charge in [-0.05, 0) is 37.9 Å². The number of likely N-dealkylation sites (tertiary alicyclic amines) is 1. The van der Waals surface area contributed by atoms with Gasteiger partial charge in [0.1, 0.15) is 11.5 Å². The molecule has 2 aromatic rings. The number of nitrogens with zero attached hydrogens (tertiary/aromatic N) is 2. The van der Waals surface area contributed by atoms with E-state index in [0.29, 0.717) is 29.4 Å². The van der Waals surface area contributed by atoms with Gasteiger partial charge in [-0.25, -0.2) is 0 Å². The molecule has 0 radical (unpaired) electrons. The van der Waals surface area contributed by atoms with Crippen molar-refractivity contribution < 1.29 is 19.4 Å². The predicted molar refractivity (Wildman–Crippen MR) is 112 cm³/mol. The number of hydrogen-bond acceptors (Lipinski definition) is 5. The molecule has 1 atom stereocenters. The molecule has 152 valence electrons. The van der Waals surface area contributed by atoms with Crippen molar-refractivity contribution in [1.29, 1.82) is 0 Å². The highest BCUT2D eigenvalue weighted by Gasteiger charge is 2.45. The Hall–Kier alpha value is -2.83. The van der Waals surface area contributed by atoms with E-state index < -0.39 is 17.7 Å². The van der Waals surface area contributed by atoms with Crippen LogP contribution in [0.5, 0.6) is 5.75 Å². The van der Waals surface area contributed by atoms with Crippen molar-refractivity contribution in [2.45, 2.75) is 6.04 Å². The van der Waals surface area contributed by atoms with Crippen molar-refractivity contribution in [2.75, 3.05) is 34.3 Å². The normalized spacial score (nSPS) is 18.5. The van der Waals surface area contributed by atoms with Crippen LogP contribution in [0, 0.1) is 0 Å². The number of amides is 1. The number of carbonyl (C=O) groups excluding carboxylic acids is 2. The Balaban J connectivity index is 2.13. The van der Waals surface area contributed by atoms with Gasteiger partial charge in [0.2, 0.25) is 0 Å². The molecule has 1 N–H and O–H groups in total. The zero-order valence-corrected chi connectivity index (χ0v) is 17.3. The molecule has 0 unspecified atom stereocenters. The first-order valence-corrected chi connectivity index (χ1v) is 9.55. The molecule has 1 fully saturated rings. The molecule has 1 heterocycles. The lowest BCUT2D eigenvalue weighted by Crippen LogP contribution is -2.35. The van der Waals surface area contributed by atoms with Gasteiger partial charge >= 0.3 is 0 Å². The Kier molecular flexibility index (Phi) is 6.25. The topological polar surface area (TPSA) is 70.1 Å². The van der Waals surface area contributed by atoms with E-state index in [1.54, 1.807) is 12.1 Å². The quantitative estimate of drug-likeness (QED) is 0.446. The summed E-state index contributed by atoms with van der Waals surface area (Å²) in [6.07, 6.45) is 0. The fourth-order valence-corrected chi connectivity index (χ4v) is 3.63. The van der Waals surface area contributed by atoms with Crippen LogP contribution >= 0.6 is 11.6 Å². The van der Waals surface area contributed by atoms with E-state index in [9.17, 15) is 14.7 Å². The summed E-state index contributed by atoms with van der Waals surface area (Å²) >= 11 is 6.19. The van der Waals surface area contributed by atoms with Gasteiger partial charge in [-0.2, -0.15) is 0 Å². The number of hydrogen-bond donors (Lipinski definition) is 1. The molecular weight excluding hydrogens is 392 g/mol. The van der Waals surface area contributed by atoms with Crippen LogP contribution in [0.15, 0.2) is 54.1 Å². The highest BCUT2D eigenvalue weighted by Crippen LogP contribution is 2.40. The first-order valence-electron chi connectivity index (χ1n) is 9.17. The molecule has 0 aliphatic carbocycles. The summed E-state index contributed by atoms with van der Waals surface area (Å²) in [5, 5.41) is 11.3. The zero-order chi connectivity index (χ0) is 21.1. The number of likely N-dealkylation sites (N-methyl/N-ethyl adjacent to an activating group) is 1. The Labute approximate surface area is 174 Å². The number of methoxy groups -OCH3 is 1. The van der Waals surface area contributed by atoms with Gasteiger partial charge in [-0.3, -0.25) is 9.59 Å². The molecule has 6 nitrogen and oxygen atoms in total. The predicted octanol–water partition coefficient (Wildman–Crippen LogP) is 3.33. The lowest BCUT2D eigenvalue weighted by Gasteiger charge is -2.26. The number of carbonyl (C=O) groups is 2. The van der Waals surface area contributed by atoms with Crippen LogP contribution < -0.4 is 4.74 Å². The molecule has 2 aromatic carbocycles. The lowest BCUT2D eigenvalue weighted by atomic mass is 9.95. The third kappa shape index (κ3) is 4.13. The standard InChI is InChI=1S/C22H23ClN2O4/c1-24(2)11-12-25-19(14-7-5-4-6-8-14)18(21(27)22(25)28)20(26)15-9-10-17(29-3)16(23)13-15/h4-10,13,19,26H,11-12H2,1-3H3/t19-/m0/s1. The lowest BCUT2D eigenvalue weighted by molar-refractivity contribution is -0.140. The van der Waals surface area contributed by atoms with Crippen LogP contribution in [0.1, 0.15) is 17.2 Å². The van der Waals surface area contributed by atoms with Crippen molar-refractivity contribution in [3.8, 4) is 5.75 Å². The zero-order valence-electron chi connectivity index (χ0n) is 16.6. The van der Waals surface area contributed by atoms with Crippen molar-refractivity contribution in [3.63, 3.8) is 0 Å². The van der Waals surface area contributed by atoms with E-state index in [1.165, 1.54) is 18.1 Å². The Morgan fingerprint density at radius 1 is 1.17 bits per heavy atom. The summed E-state index contributed by atoms with van der Waals surface area (Å²) in [7, 11) is 5.29. The van der Waals surface area contributed by atoms with E-state index in [-0.39, 0.29) is 11.3 Å². The van der Waals surface area contributed by atoms with Gasteiger partial charge in [0.25, 0.3) is 11.7 Å². The minimum Gasteiger partial charge on any atom is -0.507 e. The summed E-state index contributed by atoms with van der Waals surface area (Å²) in [5.41, 5.74) is 1.16. The van der Waals surface area contributed by atoms with Crippen molar-refractivity contribution in [2.24, 2.45) is 0 Å². The van der Waals surface area contributed by atoms with Crippen LogP contribution in [0.25, 0.3) is 5.76 Å². The van der Waals surface area contributed by atoms with Crippen LogP contribution in [-0.2, 0) is 9.59 Å². The van der Waals surface area contributed by atoms with Gasteiger partial charge < -0.3 is 19.6 Å². The highest BCUT2D eigenvalue weighted by molar-refractivity contribution is 6.46. The second-order valence-electron chi connectivity index (χ2n) is 7.06. The summed E-state index contributed by atoms with van der Waals surface area (Å²) in [4.78, 5) is 29.1. The molecule has 3 rings (SSSR count). The number of benzene rings is 2. The molecule has 1 aliphatic rings. The van der Waals surface area contributed by atoms with E-state index in [2.05, 4.69) is 0 Å². The van der Waals surface area contributed by atoms with Gasteiger partial charge in [0, 0.05) is 18.7 Å². The summed E-state index contributed by atoms with van der Waals surface area (Å²) < 4.78 is 5.14. The van der Waals surface area contributed by atoms with Gasteiger partial charge in [0.15, 0.2) is 0 Å². The number of ether oxygens (including phenoxy) is 1. The fraction of sp³-hybridized carbons (Fsp3) is 0.273. The molecule has 1 saturated heterocycles. The maximum absolute atomic E-state index is 12.9. The van der Waals surface area contributed by atoms with E-state index in [0.717, 1.165) is 5.56 Å². The highest BCUT2D eigenvalue weighted by atomic mass is 35.5. The minimum absolute atomic E-state index is 0.0567. The summed E-state index contributed by atoms with van der Waals surface area (Å²) in [6.45, 7) is 0.946. The second-order valence-corrected chi connectivity index (χ2v) is 7.46. The molecule has 29 heavy (non-hydrogen) atoms. The Morgan fingerprint density at radius 3 is 2.45 bits per heavy atom. The van der Waals surface area contributed by atoms with Crippen molar-refractivity contribution in [1.82, 2.24) is 9.80 Å². The van der Waals surface area contributed by atoms with Gasteiger partial charge in [0.05, 0.1) is 23.7 Å². The number of aliphatic hydroxyl groups excluding tert-OH is 1. The first-order chi connectivity index (χ1) is 13.8. The summed E-state index contributed by atoms with van der Waals surface area (Å²) in [5.74, 6) is -1.13. The molecular formula is C22H23ClN2O4. The number of aliphatic hydroxyl groups is 1. The maximum atomic E-state index is 12.9. The molecule has 0 aromatic heterocycles. The SMILES string of the molecule is COc1ccc(C(O)=C2C(=O)C(=O)N(CCN(C)C)[C@H]2c2ccccc2)cc1Cl. The second kappa shape index (κ2) is 8.68. The summed E-state index contributed by atoms with van der Waals surface area (Å²) in [6, 6.07) is 13.3. The van der Waals surface area contributed by atoms with Crippen molar-refractivity contribution >= 4 is 29.1 Å². The third-order valence-electron chi connectivity index (χ3n) is 4.87. The van der Waals surface area contributed by atoms with Gasteiger partial charge in [-0.15, -0.1) is 0 Å². The van der Waals surface area contributed by atoms with Crippen LogP contribution in [-0.4, -0.2) is 60.9 Å². The molecule has 1 aliphatic heterocycles. The molecule has 0 saturated carbocycles. The van der Waals surface area contributed by atoms with E-state index in [4.69, 9.17) is 16.3 Å². The Bertz CT molecular complexity index is 957. The van der Waals surface area contributed by atoms with Crippen LogP contribution in [0.2, 0.25) is 5.02 Å². The smallest absolute Gasteiger partial charge is 0.295 e. The average molecular weight is 415 g/mol. The number of halogens is 1. The van der Waals surface area contributed by atoms with Crippen LogP contribution in [0.3, 0.4) is 0 Å². The molecule has 0 bridgehead atoms. The number of Topliss-reactive ketones (excluding diaryl/α,β-unsaturated/α-hetero) is 1. The molecule has 0 spiro atoms. The molecule has 1 amide bonds. The largest absolute Gasteiger partial charge is 0.507 e. The van der Waals surface area contributed by atoms with Crippen molar-refractivity contribution in [3.05, 3.63) is 70.3 Å². The third-order valence-corrected chi connectivity index (χ3v) is 5.16. The first kappa shape index (κ1) is 20.9. The number of rotatable bonds is 6. The van der Waals surface area contributed by atoms with E-state index in [1.807, 2.05) is 49.3 Å².